The van der Waals surface area contributed by atoms with Crippen molar-refractivity contribution in [2.45, 2.75) is 44.1 Å². The zero-order valence-corrected chi connectivity index (χ0v) is 7.58. The Morgan fingerprint density at radius 1 is 1.23 bits per heavy atom. The van der Waals surface area contributed by atoms with Crippen molar-refractivity contribution >= 4 is 11.9 Å². The van der Waals surface area contributed by atoms with E-state index in [0.717, 1.165) is 25.7 Å². The van der Waals surface area contributed by atoms with Gasteiger partial charge in [-0.15, -0.1) is 0 Å². The van der Waals surface area contributed by atoms with Crippen LogP contribution >= 0.6 is 0 Å². The molecule has 2 aliphatic rings. The van der Waals surface area contributed by atoms with Crippen molar-refractivity contribution in [3.8, 4) is 0 Å². The number of nitrogens with two attached hydrogens (primary N) is 1. The lowest BCUT2D eigenvalue weighted by molar-refractivity contribution is -0.131. The minimum Gasteiger partial charge on any atom is -0.448 e. The fraction of sp³-hybridized carbons (Fsp3) is 0.778. The summed E-state index contributed by atoms with van der Waals surface area (Å²) in [5.74, 6) is -0.174. The number of aliphatic imine (C=N–C) groups is 1. The van der Waals surface area contributed by atoms with Crippen LogP contribution in [0.25, 0.3) is 0 Å². The Labute approximate surface area is 77.2 Å². The van der Waals surface area contributed by atoms with Crippen molar-refractivity contribution in [1.29, 1.82) is 0 Å². The largest absolute Gasteiger partial charge is 0.448 e. The molecule has 13 heavy (non-hydrogen) atoms. The molecule has 2 rings (SSSR count). The molecule has 1 fully saturated rings. The van der Waals surface area contributed by atoms with Crippen LogP contribution in [-0.2, 0) is 9.53 Å². The molecule has 1 heterocycles. The Hall–Kier alpha value is -1.06. The molecule has 2 N–H and O–H groups in total. The van der Waals surface area contributed by atoms with E-state index >= 15 is 0 Å². The first-order valence-corrected chi connectivity index (χ1v) is 4.81. The number of carbonyl (C=O) groups excluding carboxylic acids is 1. The van der Waals surface area contributed by atoms with Crippen LogP contribution in [0.3, 0.4) is 0 Å². The van der Waals surface area contributed by atoms with Gasteiger partial charge in [-0.1, -0.05) is 12.8 Å². The summed E-state index contributed by atoms with van der Waals surface area (Å²) < 4.78 is 5.36. The van der Waals surface area contributed by atoms with Crippen molar-refractivity contribution < 1.29 is 9.53 Å². The van der Waals surface area contributed by atoms with Gasteiger partial charge in [0.1, 0.15) is 0 Å². The second-order valence-electron chi connectivity index (χ2n) is 3.77. The van der Waals surface area contributed by atoms with E-state index in [-0.39, 0.29) is 11.9 Å². The molecule has 1 saturated carbocycles. The molecule has 0 bridgehead atoms. The van der Waals surface area contributed by atoms with Crippen LogP contribution in [0.2, 0.25) is 0 Å². The van der Waals surface area contributed by atoms with E-state index < -0.39 is 5.60 Å². The summed E-state index contributed by atoms with van der Waals surface area (Å²) in [4.78, 5) is 15.2. The summed E-state index contributed by atoms with van der Waals surface area (Å²) in [5.41, 5.74) is 4.71. The zero-order valence-electron chi connectivity index (χ0n) is 7.58. The highest BCUT2D eigenvalue weighted by Gasteiger charge is 2.45. The summed E-state index contributed by atoms with van der Waals surface area (Å²) in [6.07, 6.45) is 5.98. The van der Waals surface area contributed by atoms with Crippen molar-refractivity contribution in [2.24, 2.45) is 10.7 Å². The van der Waals surface area contributed by atoms with Gasteiger partial charge < -0.3 is 10.5 Å². The van der Waals surface area contributed by atoms with Crippen LogP contribution < -0.4 is 5.73 Å². The predicted molar refractivity (Wildman–Crippen MR) is 48.1 cm³/mol. The monoisotopic (exact) mass is 182 g/mol. The van der Waals surface area contributed by atoms with E-state index in [2.05, 4.69) is 4.99 Å². The van der Waals surface area contributed by atoms with Gasteiger partial charge in [-0.25, -0.2) is 0 Å². The Kier molecular flexibility index (Phi) is 1.98. The second kappa shape index (κ2) is 3.01. The number of hydrogen-bond acceptors (Lipinski definition) is 3. The third-order valence-electron chi connectivity index (χ3n) is 2.81. The van der Waals surface area contributed by atoms with E-state index in [0.29, 0.717) is 0 Å². The molecule has 0 aromatic rings. The minimum atomic E-state index is -0.680. The topological polar surface area (TPSA) is 64.7 Å². The second-order valence-corrected chi connectivity index (χ2v) is 3.77. The van der Waals surface area contributed by atoms with E-state index in [1.54, 1.807) is 0 Å². The van der Waals surface area contributed by atoms with Gasteiger partial charge >= 0.3 is 0 Å². The molecule has 4 nitrogen and oxygen atoms in total. The van der Waals surface area contributed by atoms with Gasteiger partial charge in [0.25, 0.3) is 11.9 Å². The van der Waals surface area contributed by atoms with Crippen LogP contribution in [0.5, 0.6) is 0 Å². The lowest BCUT2D eigenvalue weighted by Gasteiger charge is -2.23. The summed E-state index contributed by atoms with van der Waals surface area (Å²) in [6.45, 7) is 0. The predicted octanol–water partition coefficient (Wildman–Crippen LogP) is 0.951. The molecule has 1 aliphatic carbocycles. The molecule has 72 valence electrons. The Morgan fingerprint density at radius 2 is 1.85 bits per heavy atom. The van der Waals surface area contributed by atoms with Crippen LogP contribution in [0.4, 0.5) is 0 Å². The average Bonchev–Trinajstić information content (AvgIpc) is 2.29. The quantitative estimate of drug-likeness (QED) is 0.606. The molecule has 0 aromatic carbocycles. The number of rotatable bonds is 0. The smallest absolute Gasteiger partial charge is 0.294 e. The van der Waals surface area contributed by atoms with Crippen LogP contribution in [0, 0.1) is 0 Å². The van der Waals surface area contributed by atoms with Gasteiger partial charge in [0.15, 0.2) is 5.60 Å². The SMILES string of the molecule is NC1=NC(=O)C2(CCCCCC2)O1. The van der Waals surface area contributed by atoms with Crippen LogP contribution in [0.15, 0.2) is 4.99 Å². The number of carbonyl (C=O) groups is 1. The Balaban J connectivity index is 2.16. The minimum absolute atomic E-state index is 0.0481. The van der Waals surface area contributed by atoms with Crippen molar-refractivity contribution in [1.82, 2.24) is 0 Å². The normalized spacial score (nSPS) is 26.8. The zero-order chi connectivity index (χ0) is 9.31. The highest BCUT2D eigenvalue weighted by molar-refractivity contribution is 6.00. The molecular formula is C9H14N2O2. The molecule has 1 spiro atoms. The average molecular weight is 182 g/mol. The molecule has 0 radical (unpaired) electrons. The fourth-order valence-electron chi connectivity index (χ4n) is 2.08. The lowest BCUT2D eigenvalue weighted by Crippen LogP contribution is -2.37. The summed E-state index contributed by atoms with van der Waals surface area (Å²) in [7, 11) is 0. The maximum Gasteiger partial charge on any atom is 0.294 e. The summed E-state index contributed by atoms with van der Waals surface area (Å²) >= 11 is 0. The standard InChI is InChI=1S/C9H14N2O2/c10-8-11-7(12)9(13-8)5-3-1-2-4-6-9/h1-6H2,(H2,10,11,12). The van der Waals surface area contributed by atoms with Crippen molar-refractivity contribution in [2.75, 3.05) is 0 Å². The number of amidine groups is 1. The van der Waals surface area contributed by atoms with Gasteiger partial charge in [0, 0.05) is 0 Å². The molecule has 1 amide bonds. The maximum atomic E-state index is 11.5. The molecule has 0 saturated heterocycles. The van der Waals surface area contributed by atoms with E-state index in [4.69, 9.17) is 10.5 Å². The van der Waals surface area contributed by atoms with Crippen LogP contribution in [0.1, 0.15) is 38.5 Å². The lowest BCUT2D eigenvalue weighted by atomic mass is 9.94. The number of ether oxygens (including phenoxy) is 1. The number of nitrogens with zero attached hydrogens (tertiary/aromatic N) is 1. The van der Waals surface area contributed by atoms with Crippen molar-refractivity contribution in [3.63, 3.8) is 0 Å². The van der Waals surface area contributed by atoms with Crippen LogP contribution in [-0.4, -0.2) is 17.5 Å². The highest BCUT2D eigenvalue weighted by Crippen LogP contribution is 2.34. The van der Waals surface area contributed by atoms with Crippen molar-refractivity contribution in [3.05, 3.63) is 0 Å². The fourth-order valence-corrected chi connectivity index (χ4v) is 2.08. The van der Waals surface area contributed by atoms with E-state index in [9.17, 15) is 4.79 Å². The van der Waals surface area contributed by atoms with Gasteiger partial charge in [0.05, 0.1) is 0 Å². The van der Waals surface area contributed by atoms with Gasteiger partial charge in [-0.3, -0.25) is 4.79 Å². The first-order chi connectivity index (χ1) is 6.23. The molecule has 0 atom stereocenters. The molecule has 0 unspecified atom stereocenters. The first-order valence-electron chi connectivity index (χ1n) is 4.81. The first kappa shape index (κ1) is 8.53. The Bertz CT molecular complexity index is 252. The highest BCUT2D eigenvalue weighted by atomic mass is 16.5. The summed E-state index contributed by atoms with van der Waals surface area (Å²) in [5, 5.41) is 0. The molecule has 4 heteroatoms. The number of hydrogen-bond donors (Lipinski definition) is 1. The molecule has 0 aromatic heterocycles. The van der Waals surface area contributed by atoms with E-state index in [1.165, 1.54) is 12.8 Å². The van der Waals surface area contributed by atoms with Gasteiger partial charge in [0.2, 0.25) is 0 Å². The maximum absolute atomic E-state index is 11.5. The van der Waals surface area contributed by atoms with E-state index in [1.807, 2.05) is 0 Å². The third-order valence-corrected chi connectivity index (χ3v) is 2.81. The molecular weight excluding hydrogens is 168 g/mol. The summed E-state index contributed by atoms with van der Waals surface area (Å²) in [6, 6.07) is 0.0481. The van der Waals surface area contributed by atoms with Gasteiger partial charge in [-0.05, 0) is 25.7 Å². The number of amides is 1. The molecule has 1 aliphatic heterocycles. The van der Waals surface area contributed by atoms with Gasteiger partial charge in [-0.2, -0.15) is 4.99 Å². The Morgan fingerprint density at radius 3 is 2.31 bits per heavy atom. The third kappa shape index (κ3) is 1.41.